The lowest BCUT2D eigenvalue weighted by molar-refractivity contribution is 0.0690. The highest BCUT2D eigenvalue weighted by Crippen LogP contribution is 2.16. The summed E-state index contributed by atoms with van der Waals surface area (Å²) in [6.45, 7) is 0.345. The number of hydrogen-bond donors (Lipinski definition) is 3. The first kappa shape index (κ1) is 15.3. The molecule has 0 aliphatic heterocycles. The van der Waals surface area contributed by atoms with Crippen LogP contribution in [-0.2, 0) is 6.42 Å². The van der Waals surface area contributed by atoms with E-state index in [2.05, 4.69) is 10.3 Å². The van der Waals surface area contributed by atoms with Crippen LogP contribution in [0.2, 0.25) is 5.02 Å². The molecule has 0 unspecified atom stereocenters. The highest BCUT2D eigenvalue weighted by molar-refractivity contribution is 7.09. The van der Waals surface area contributed by atoms with Gasteiger partial charge in [0.05, 0.1) is 5.01 Å². The van der Waals surface area contributed by atoms with Gasteiger partial charge in [-0.15, -0.1) is 11.3 Å². The van der Waals surface area contributed by atoms with E-state index < -0.39 is 5.97 Å². The van der Waals surface area contributed by atoms with Crippen molar-refractivity contribution in [1.82, 2.24) is 10.3 Å². The number of hydrogen-bond acceptors (Lipinski definition) is 5. The molecule has 2 aromatic rings. The summed E-state index contributed by atoms with van der Waals surface area (Å²) >= 11 is 7.08. The number of anilines is 1. The number of nitrogens with one attached hydrogen (secondary N) is 1. The van der Waals surface area contributed by atoms with Crippen LogP contribution in [0.1, 0.15) is 25.9 Å². The second-order valence-electron chi connectivity index (χ2n) is 4.21. The molecule has 2 rings (SSSR count). The van der Waals surface area contributed by atoms with Crippen LogP contribution >= 0.6 is 22.9 Å². The molecule has 1 heterocycles. The number of carboxylic acid groups (broad SMARTS) is 1. The fourth-order valence-electron chi connectivity index (χ4n) is 1.65. The molecule has 0 aliphatic rings. The number of nitrogens with zero attached hydrogens (tertiary/aromatic N) is 1. The number of thiazole rings is 1. The van der Waals surface area contributed by atoms with Gasteiger partial charge in [0.1, 0.15) is 0 Å². The molecule has 0 radical (unpaired) electrons. The predicted molar refractivity (Wildman–Crippen MR) is 81.0 cm³/mol. The van der Waals surface area contributed by atoms with Gasteiger partial charge in [-0.2, -0.15) is 0 Å². The number of aromatic carboxylic acids is 1. The summed E-state index contributed by atoms with van der Waals surface area (Å²) in [6, 6.07) is 4.62. The number of carboxylic acids is 1. The molecule has 0 aliphatic carbocycles. The molecule has 0 fully saturated rings. The van der Waals surface area contributed by atoms with Crippen molar-refractivity contribution >= 4 is 40.5 Å². The first-order valence-electron chi connectivity index (χ1n) is 5.97. The maximum atomic E-state index is 11.9. The van der Waals surface area contributed by atoms with Gasteiger partial charge < -0.3 is 16.2 Å². The first-order chi connectivity index (χ1) is 9.95. The van der Waals surface area contributed by atoms with Crippen molar-refractivity contribution in [1.29, 1.82) is 0 Å². The van der Waals surface area contributed by atoms with Gasteiger partial charge >= 0.3 is 5.97 Å². The minimum Gasteiger partial charge on any atom is -0.476 e. The van der Waals surface area contributed by atoms with E-state index >= 15 is 0 Å². The SMILES string of the molecule is Nc1cc(Cl)cc(C(=O)NCCc2nc(C(=O)O)cs2)c1. The molecule has 0 saturated carbocycles. The number of rotatable bonds is 5. The number of nitrogen functional groups attached to an aromatic ring is 1. The van der Waals surface area contributed by atoms with Crippen molar-refractivity contribution in [3.05, 3.63) is 44.9 Å². The summed E-state index contributed by atoms with van der Waals surface area (Å²) in [5, 5.41) is 14.0. The third-order valence-electron chi connectivity index (χ3n) is 2.58. The van der Waals surface area contributed by atoms with Gasteiger partial charge in [-0.3, -0.25) is 4.79 Å². The topological polar surface area (TPSA) is 105 Å². The number of aromatic nitrogens is 1. The van der Waals surface area contributed by atoms with E-state index in [-0.39, 0.29) is 11.6 Å². The third kappa shape index (κ3) is 4.17. The molecule has 1 amide bonds. The fraction of sp³-hybridized carbons (Fsp3) is 0.154. The van der Waals surface area contributed by atoms with Crippen LogP contribution < -0.4 is 11.1 Å². The average Bonchev–Trinajstić information content (AvgIpc) is 2.86. The summed E-state index contributed by atoms with van der Waals surface area (Å²) < 4.78 is 0. The van der Waals surface area contributed by atoms with Crippen LogP contribution in [0.3, 0.4) is 0 Å². The Balaban J connectivity index is 1.90. The number of amides is 1. The highest BCUT2D eigenvalue weighted by Gasteiger charge is 2.10. The quantitative estimate of drug-likeness (QED) is 0.730. The lowest BCUT2D eigenvalue weighted by Gasteiger charge is -2.05. The minimum absolute atomic E-state index is 0.0175. The molecule has 1 aromatic heterocycles. The average molecular weight is 326 g/mol. The van der Waals surface area contributed by atoms with Gasteiger partial charge in [0.25, 0.3) is 5.91 Å². The van der Waals surface area contributed by atoms with Crippen LogP contribution in [0.5, 0.6) is 0 Å². The zero-order valence-electron chi connectivity index (χ0n) is 10.8. The van der Waals surface area contributed by atoms with Crippen LogP contribution in [-0.4, -0.2) is 28.5 Å². The van der Waals surface area contributed by atoms with Crippen molar-refractivity contribution in [3.63, 3.8) is 0 Å². The molecular weight excluding hydrogens is 314 g/mol. The normalized spacial score (nSPS) is 10.3. The van der Waals surface area contributed by atoms with E-state index in [1.165, 1.54) is 28.8 Å². The zero-order chi connectivity index (χ0) is 15.4. The molecule has 0 atom stereocenters. The van der Waals surface area contributed by atoms with Gasteiger partial charge in [0.2, 0.25) is 0 Å². The van der Waals surface area contributed by atoms with Crippen molar-refractivity contribution in [2.24, 2.45) is 0 Å². The standard InChI is InChI=1S/C13H12ClN3O3S/c14-8-3-7(4-9(15)5-8)12(18)16-2-1-11-17-10(6-21-11)13(19)20/h3-6H,1-2,15H2,(H,16,18)(H,19,20). The Bertz CT molecular complexity index is 667. The lowest BCUT2D eigenvalue weighted by atomic mass is 10.2. The fourth-order valence-corrected chi connectivity index (χ4v) is 2.67. The van der Waals surface area contributed by atoms with Crippen molar-refractivity contribution < 1.29 is 14.7 Å². The molecule has 0 bridgehead atoms. The third-order valence-corrected chi connectivity index (χ3v) is 3.70. The summed E-state index contributed by atoms with van der Waals surface area (Å²) in [4.78, 5) is 26.5. The molecule has 0 saturated heterocycles. The summed E-state index contributed by atoms with van der Waals surface area (Å²) in [5.74, 6) is -1.35. The summed E-state index contributed by atoms with van der Waals surface area (Å²) in [5.41, 5.74) is 6.43. The molecule has 21 heavy (non-hydrogen) atoms. The molecule has 4 N–H and O–H groups in total. The molecule has 8 heteroatoms. The minimum atomic E-state index is -1.06. The number of nitrogens with two attached hydrogens (primary N) is 1. The van der Waals surface area contributed by atoms with Crippen LogP contribution in [0.25, 0.3) is 0 Å². The maximum Gasteiger partial charge on any atom is 0.355 e. The van der Waals surface area contributed by atoms with Crippen molar-refractivity contribution in [3.8, 4) is 0 Å². The van der Waals surface area contributed by atoms with E-state index in [9.17, 15) is 9.59 Å². The summed E-state index contributed by atoms with van der Waals surface area (Å²) in [6.07, 6.45) is 0.458. The Hall–Kier alpha value is -2.12. The van der Waals surface area contributed by atoms with Gasteiger partial charge in [-0.05, 0) is 18.2 Å². The van der Waals surface area contributed by atoms with E-state index in [4.69, 9.17) is 22.4 Å². The first-order valence-corrected chi connectivity index (χ1v) is 7.23. The number of halogens is 1. The molecule has 110 valence electrons. The second-order valence-corrected chi connectivity index (χ2v) is 5.59. The largest absolute Gasteiger partial charge is 0.476 e. The van der Waals surface area contributed by atoms with Gasteiger partial charge in [-0.25, -0.2) is 9.78 Å². The summed E-state index contributed by atoms with van der Waals surface area (Å²) in [7, 11) is 0. The van der Waals surface area contributed by atoms with E-state index in [1.54, 1.807) is 6.07 Å². The van der Waals surface area contributed by atoms with Crippen LogP contribution in [0.15, 0.2) is 23.6 Å². The zero-order valence-corrected chi connectivity index (χ0v) is 12.4. The predicted octanol–water partition coefficient (Wildman–Crippen LogP) is 2.05. The van der Waals surface area contributed by atoms with Crippen LogP contribution in [0, 0.1) is 0 Å². The Labute approximate surface area is 129 Å². The van der Waals surface area contributed by atoms with E-state index in [0.29, 0.717) is 34.2 Å². The molecule has 6 nitrogen and oxygen atoms in total. The Morgan fingerprint density at radius 1 is 1.38 bits per heavy atom. The Morgan fingerprint density at radius 3 is 2.76 bits per heavy atom. The number of carbonyl (C=O) groups excluding carboxylic acids is 1. The van der Waals surface area contributed by atoms with Crippen LogP contribution in [0.4, 0.5) is 5.69 Å². The molecular formula is C13H12ClN3O3S. The Morgan fingerprint density at radius 2 is 2.14 bits per heavy atom. The van der Waals surface area contributed by atoms with Gasteiger partial charge in [0, 0.05) is 34.6 Å². The monoisotopic (exact) mass is 325 g/mol. The number of benzene rings is 1. The Kier molecular flexibility index (Phi) is 4.77. The van der Waals surface area contributed by atoms with E-state index in [1.807, 2.05) is 0 Å². The van der Waals surface area contributed by atoms with Crippen molar-refractivity contribution in [2.75, 3.05) is 12.3 Å². The van der Waals surface area contributed by atoms with Gasteiger partial charge in [0.15, 0.2) is 5.69 Å². The lowest BCUT2D eigenvalue weighted by Crippen LogP contribution is -2.25. The molecule has 1 aromatic carbocycles. The van der Waals surface area contributed by atoms with Gasteiger partial charge in [-0.1, -0.05) is 11.6 Å². The smallest absolute Gasteiger partial charge is 0.355 e. The molecule has 0 spiro atoms. The van der Waals surface area contributed by atoms with E-state index in [0.717, 1.165) is 0 Å². The second kappa shape index (κ2) is 6.55. The van der Waals surface area contributed by atoms with Crippen molar-refractivity contribution in [2.45, 2.75) is 6.42 Å². The number of carbonyl (C=O) groups is 2. The highest BCUT2D eigenvalue weighted by atomic mass is 35.5. The maximum absolute atomic E-state index is 11.9.